The van der Waals surface area contributed by atoms with Crippen LogP contribution in [0.15, 0.2) is 103 Å². The maximum absolute atomic E-state index is 13.6. The Balaban J connectivity index is 1.33. The van der Waals surface area contributed by atoms with E-state index in [0.717, 1.165) is 16.9 Å². The van der Waals surface area contributed by atoms with Crippen LogP contribution in [0.5, 0.6) is 17.2 Å². The van der Waals surface area contributed by atoms with Gasteiger partial charge in [-0.15, -0.1) is 0 Å². The summed E-state index contributed by atoms with van der Waals surface area (Å²) in [5, 5.41) is 3.04. The topological polar surface area (TPSA) is 77.1 Å². The number of nitrogens with one attached hydrogen (secondary N) is 1. The highest BCUT2D eigenvalue weighted by molar-refractivity contribution is 6.01. The van der Waals surface area contributed by atoms with Gasteiger partial charge in [0, 0.05) is 5.69 Å². The van der Waals surface area contributed by atoms with Crippen molar-refractivity contribution in [3.63, 3.8) is 0 Å². The van der Waals surface area contributed by atoms with Crippen LogP contribution in [0, 0.1) is 0 Å². The van der Waals surface area contributed by atoms with Crippen molar-refractivity contribution < 1.29 is 23.8 Å². The third-order valence-electron chi connectivity index (χ3n) is 6.34. The summed E-state index contributed by atoms with van der Waals surface area (Å²) in [6.45, 7) is 0.568. The standard InChI is InChI=1S/C31H28N2O5/c1-36-25-13-15-26(16-14-25)37-19-18-33-27-20-24(12-17-28(27)38-21-29(33)34)32-31(35)30(22-8-4-2-5-9-22)23-10-6-3-7-11-23/h2-17,20,30H,18-19,21H2,1H3,(H,32,35). The van der Waals surface area contributed by atoms with E-state index in [-0.39, 0.29) is 25.0 Å². The molecule has 0 bridgehead atoms. The van der Waals surface area contributed by atoms with Crippen molar-refractivity contribution in [2.45, 2.75) is 5.92 Å². The fraction of sp³-hybridized carbons (Fsp3) is 0.161. The number of carbonyl (C=O) groups excluding carboxylic acids is 2. The van der Waals surface area contributed by atoms with Crippen molar-refractivity contribution in [3.05, 3.63) is 114 Å². The monoisotopic (exact) mass is 508 g/mol. The largest absolute Gasteiger partial charge is 0.497 e. The lowest BCUT2D eigenvalue weighted by Crippen LogP contribution is -2.41. The van der Waals surface area contributed by atoms with Crippen molar-refractivity contribution in [3.8, 4) is 17.2 Å². The van der Waals surface area contributed by atoms with E-state index in [1.54, 1.807) is 30.2 Å². The number of hydrogen-bond acceptors (Lipinski definition) is 5. The number of methoxy groups -OCH3 is 1. The molecule has 4 aromatic carbocycles. The third-order valence-corrected chi connectivity index (χ3v) is 6.34. The van der Waals surface area contributed by atoms with Gasteiger partial charge in [0.25, 0.3) is 5.91 Å². The van der Waals surface area contributed by atoms with Crippen LogP contribution >= 0.6 is 0 Å². The van der Waals surface area contributed by atoms with Gasteiger partial charge in [-0.25, -0.2) is 0 Å². The molecule has 0 unspecified atom stereocenters. The van der Waals surface area contributed by atoms with E-state index in [2.05, 4.69) is 5.32 Å². The molecule has 1 aliphatic rings. The molecule has 4 aromatic rings. The van der Waals surface area contributed by atoms with Crippen molar-refractivity contribution in [1.82, 2.24) is 0 Å². The minimum Gasteiger partial charge on any atom is -0.497 e. The molecule has 192 valence electrons. The Kier molecular flexibility index (Phi) is 7.54. The summed E-state index contributed by atoms with van der Waals surface area (Å²) in [6.07, 6.45) is 0. The maximum atomic E-state index is 13.6. The molecule has 0 radical (unpaired) electrons. The zero-order valence-electron chi connectivity index (χ0n) is 21.0. The first-order chi connectivity index (χ1) is 18.6. The van der Waals surface area contributed by atoms with E-state index in [0.29, 0.717) is 29.4 Å². The zero-order chi connectivity index (χ0) is 26.3. The Labute approximate surface area is 221 Å². The second-order valence-corrected chi connectivity index (χ2v) is 8.78. The van der Waals surface area contributed by atoms with Crippen LogP contribution in [-0.2, 0) is 9.59 Å². The van der Waals surface area contributed by atoms with Crippen molar-refractivity contribution in [1.29, 1.82) is 0 Å². The zero-order valence-corrected chi connectivity index (χ0v) is 21.0. The number of benzene rings is 4. The molecule has 0 aromatic heterocycles. The van der Waals surface area contributed by atoms with Gasteiger partial charge in [0.1, 0.15) is 23.9 Å². The van der Waals surface area contributed by atoms with Crippen molar-refractivity contribution >= 4 is 23.2 Å². The predicted octanol–water partition coefficient (Wildman–Crippen LogP) is 5.27. The first kappa shape index (κ1) is 24.9. The fourth-order valence-corrected chi connectivity index (χ4v) is 4.45. The molecule has 0 fully saturated rings. The molecule has 0 aliphatic carbocycles. The number of anilines is 2. The highest BCUT2D eigenvalue weighted by Gasteiger charge is 2.27. The number of hydrogen-bond donors (Lipinski definition) is 1. The molecule has 7 heteroatoms. The molecule has 0 saturated carbocycles. The summed E-state index contributed by atoms with van der Waals surface area (Å²) in [4.78, 5) is 27.9. The van der Waals surface area contributed by atoms with E-state index in [1.165, 1.54) is 0 Å². The van der Waals surface area contributed by atoms with Crippen LogP contribution < -0.4 is 24.4 Å². The van der Waals surface area contributed by atoms with Crippen LogP contribution in [-0.4, -0.2) is 38.7 Å². The van der Waals surface area contributed by atoms with Crippen LogP contribution in [0.2, 0.25) is 0 Å². The second-order valence-electron chi connectivity index (χ2n) is 8.78. The minimum atomic E-state index is -0.486. The predicted molar refractivity (Wildman–Crippen MR) is 146 cm³/mol. The molecule has 5 rings (SSSR count). The fourth-order valence-electron chi connectivity index (χ4n) is 4.45. The summed E-state index contributed by atoms with van der Waals surface area (Å²) in [5.41, 5.74) is 2.95. The summed E-state index contributed by atoms with van der Waals surface area (Å²) >= 11 is 0. The van der Waals surface area contributed by atoms with Gasteiger partial charge in [-0.2, -0.15) is 0 Å². The molecular weight excluding hydrogens is 480 g/mol. The number of carbonyl (C=O) groups is 2. The first-order valence-corrected chi connectivity index (χ1v) is 12.4. The highest BCUT2D eigenvalue weighted by Crippen LogP contribution is 2.35. The van der Waals surface area contributed by atoms with Crippen molar-refractivity contribution in [2.24, 2.45) is 0 Å². The van der Waals surface area contributed by atoms with Gasteiger partial charge in [0.05, 0.1) is 25.3 Å². The Bertz CT molecular complexity index is 1350. The second kappa shape index (κ2) is 11.5. The lowest BCUT2D eigenvalue weighted by molar-refractivity contribution is -0.121. The van der Waals surface area contributed by atoms with E-state index in [9.17, 15) is 9.59 Å². The molecule has 0 spiro atoms. The van der Waals surface area contributed by atoms with Gasteiger partial charge in [0.15, 0.2) is 6.61 Å². The van der Waals surface area contributed by atoms with Gasteiger partial charge >= 0.3 is 0 Å². The van der Waals surface area contributed by atoms with E-state index in [1.807, 2.05) is 84.9 Å². The number of nitrogens with zero attached hydrogens (tertiary/aromatic N) is 1. The minimum absolute atomic E-state index is 0.0503. The van der Waals surface area contributed by atoms with Crippen LogP contribution in [0.1, 0.15) is 17.0 Å². The lowest BCUT2D eigenvalue weighted by Gasteiger charge is -2.30. The van der Waals surface area contributed by atoms with E-state index in [4.69, 9.17) is 14.2 Å². The van der Waals surface area contributed by atoms with E-state index < -0.39 is 5.92 Å². The summed E-state index contributed by atoms with van der Waals surface area (Å²) in [7, 11) is 1.61. The van der Waals surface area contributed by atoms with Crippen LogP contribution in [0.4, 0.5) is 11.4 Å². The van der Waals surface area contributed by atoms with Crippen molar-refractivity contribution in [2.75, 3.05) is 37.1 Å². The molecule has 7 nitrogen and oxygen atoms in total. The normalized spacial score (nSPS) is 12.5. The Morgan fingerprint density at radius 1 is 0.895 bits per heavy atom. The number of fused-ring (bicyclic) bond motifs is 1. The lowest BCUT2D eigenvalue weighted by atomic mass is 9.90. The van der Waals surface area contributed by atoms with Gasteiger partial charge in [-0.1, -0.05) is 60.7 Å². The molecule has 0 atom stereocenters. The summed E-state index contributed by atoms with van der Waals surface area (Å²) < 4.78 is 16.7. The number of ether oxygens (including phenoxy) is 3. The first-order valence-electron chi connectivity index (χ1n) is 12.4. The van der Waals surface area contributed by atoms with Gasteiger partial charge in [-0.3, -0.25) is 9.59 Å². The molecule has 2 amide bonds. The average Bonchev–Trinajstić information content (AvgIpc) is 2.96. The Morgan fingerprint density at radius 2 is 1.53 bits per heavy atom. The highest BCUT2D eigenvalue weighted by atomic mass is 16.5. The molecule has 0 saturated heterocycles. The molecule has 1 N–H and O–H groups in total. The quantitative estimate of drug-likeness (QED) is 0.333. The molecule has 38 heavy (non-hydrogen) atoms. The summed E-state index contributed by atoms with van der Waals surface area (Å²) in [6, 6.07) is 31.9. The molecule has 1 heterocycles. The smallest absolute Gasteiger partial charge is 0.265 e. The van der Waals surface area contributed by atoms with Crippen LogP contribution in [0.3, 0.4) is 0 Å². The summed E-state index contributed by atoms with van der Waals surface area (Å²) in [5.74, 6) is 1.17. The number of rotatable bonds is 9. The van der Waals surface area contributed by atoms with Crippen LogP contribution in [0.25, 0.3) is 0 Å². The molecular formula is C31H28N2O5. The Hall–Kier alpha value is -4.78. The van der Waals surface area contributed by atoms with Gasteiger partial charge in [0.2, 0.25) is 5.91 Å². The SMILES string of the molecule is COc1ccc(OCCN2C(=O)COc3ccc(NC(=O)C(c4ccccc4)c4ccccc4)cc32)cc1. The molecule has 1 aliphatic heterocycles. The third kappa shape index (κ3) is 5.62. The maximum Gasteiger partial charge on any atom is 0.265 e. The van der Waals surface area contributed by atoms with Gasteiger partial charge < -0.3 is 24.4 Å². The average molecular weight is 509 g/mol. The Morgan fingerprint density at radius 3 is 2.16 bits per heavy atom. The number of amides is 2. The van der Waals surface area contributed by atoms with E-state index >= 15 is 0 Å². The van der Waals surface area contributed by atoms with Gasteiger partial charge in [-0.05, 0) is 53.6 Å².